The summed E-state index contributed by atoms with van der Waals surface area (Å²) in [5.41, 5.74) is 7.43. The van der Waals surface area contributed by atoms with Crippen LogP contribution in [0.5, 0.6) is 0 Å². The molecule has 0 spiro atoms. The monoisotopic (exact) mass is 461 g/mol. The maximum atomic E-state index is 13.1. The topological polar surface area (TPSA) is 38.1 Å². The fraction of sp³-hybridized carbons (Fsp3) is 0.269. The average molecular weight is 462 g/mol. The molecule has 2 aromatic carbocycles. The Morgan fingerprint density at radius 3 is 2.38 bits per heavy atom. The molecule has 32 heavy (non-hydrogen) atoms. The molecule has 1 aliphatic rings. The lowest BCUT2D eigenvalue weighted by Gasteiger charge is -2.16. The van der Waals surface area contributed by atoms with Gasteiger partial charge in [-0.25, -0.2) is 4.68 Å². The number of carbonyl (C=O) groups is 1. The maximum Gasteiger partial charge on any atom is 0.266 e. The van der Waals surface area contributed by atoms with Gasteiger partial charge in [-0.15, -0.1) is 0 Å². The number of nitrogens with zero attached hydrogens (tertiary/aromatic N) is 3. The van der Waals surface area contributed by atoms with Crippen LogP contribution in [0.1, 0.15) is 36.1 Å². The lowest BCUT2D eigenvalue weighted by atomic mass is 9.95. The van der Waals surface area contributed by atoms with Crippen LogP contribution in [0, 0.1) is 26.7 Å². The lowest BCUT2D eigenvalue weighted by molar-refractivity contribution is -0.122. The number of hydrogen-bond donors (Lipinski definition) is 0. The molecule has 0 atom stereocenters. The van der Waals surface area contributed by atoms with E-state index in [0.717, 1.165) is 22.5 Å². The van der Waals surface area contributed by atoms with E-state index in [1.54, 1.807) is 4.90 Å². The molecule has 6 heteroatoms. The van der Waals surface area contributed by atoms with Gasteiger partial charge in [0.25, 0.3) is 5.91 Å². The number of aryl methyl sites for hydroxylation is 3. The molecule has 0 bridgehead atoms. The highest BCUT2D eigenvalue weighted by molar-refractivity contribution is 8.26. The largest absolute Gasteiger partial charge is 0.293 e. The summed E-state index contributed by atoms with van der Waals surface area (Å²) >= 11 is 6.87. The molecule has 4 nitrogen and oxygen atoms in total. The van der Waals surface area contributed by atoms with Crippen molar-refractivity contribution < 1.29 is 4.79 Å². The van der Waals surface area contributed by atoms with E-state index in [9.17, 15) is 4.79 Å². The van der Waals surface area contributed by atoms with E-state index < -0.39 is 0 Å². The molecule has 3 aromatic rings. The summed E-state index contributed by atoms with van der Waals surface area (Å²) in [4.78, 5) is 15.4. The summed E-state index contributed by atoms with van der Waals surface area (Å²) in [5, 5.41) is 4.96. The molecule has 1 aliphatic heterocycles. The van der Waals surface area contributed by atoms with Crippen molar-refractivity contribution in [2.45, 2.75) is 34.6 Å². The first-order valence-electron chi connectivity index (χ1n) is 10.7. The van der Waals surface area contributed by atoms with Crippen LogP contribution in [0.3, 0.4) is 0 Å². The van der Waals surface area contributed by atoms with Crippen LogP contribution >= 0.6 is 24.0 Å². The Balaban J connectivity index is 1.85. The van der Waals surface area contributed by atoms with Crippen LogP contribution in [-0.4, -0.2) is 31.5 Å². The molecule has 0 radical (unpaired) electrons. The van der Waals surface area contributed by atoms with Gasteiger partial charge in [0.1, 0.15) is 10.0 Å². The van der Waals surface area contributed by atoms with Gasteiger partial charge in [0.2, 0.25) is 0 Å². The highest BCUT2D eigenvalue weighted by Crippen LogP contribution is 2.37. The van der Waals surface area contributed by atoms with Crippen molar-refractivity contribution in [1.29, 1.82) is 0 Å². The minimum Gasteiger partial charge on any atom is -0.293 e. The smallest absolute Gasteiger partial charge is 0.266 e. The third-order valence-electron chi connectivity index (χ3n) is 5.39. The molecule has 0 unspecified atom stereocenters. The van der Waals surface area contributed by atoms with Gasteiger partial charge in [0, 0.05) is 23.9 Å². The van der Waals surface area contributed by atoms with Gasteiger partial charge in [0.05, 0.1) is 10.6 Å². The molecule has 1 saturated heterocycles. The van der Waals surface area contributed by atoms with E-state index in [0.29, 0.717) is 21.7 Å². The predicted octanol–water partition coefficient (Wildman–Crippen LogP) is 6.32. The van der Waals surface area contributed by atoms with Gasteiger partial charge in [-0.3, -0.25) is 9.69 Å². The number of hydrogen-bond acceptors (Lipinski definition) is 4. The zero-order valence-corrected chi connectivity index (χ0v) is 20.7. The van der Waals surface area contributed by atoms with E-state index in [-0.39, 0.29) is 5.91 Å². The second-order valence-corrected chi connectivity index (χ2v) is 10.3. The van der Waals surface area contributed by atoms with Gasteiger partial charge >= 0.3 is 0 Å². The Hall–Kier alpha value is -2.70. The number of rotatable bonds is 5. The van der Waals surface area contributed by atoms with Crippen molar-refractivity contribution in [3.63, 3.8) is 0 Å². The molecule has 1 aromatic heterocycles. The van der Waals surface area contributed by atoms with Crippen LogP contribution in [0.25, 0.3) is 23.0 Å². The fourth-order valence-corrected chi connectivity index (χ4v) is 5.38. The van der Waals surface area contributed by atoms with E-state index in [1.807, 2.05) is 47.3 Å². The summed E-state index contributed by atoms with van der Waals surface area (Å²) in [6.07, 6.45) is 3.94. The van der Waals surface area contributed by atoms with Crippen molar-refractivity contribution in [2.24, 2.45) is 5.92 Å². The summed E-state index contributed by atoms with van der Waals surface area (Å²) in [7, 11) is 0. The zero-order valence-electron chi connectivity index (χ0n) is 19.0. The Morgan fingerprint density at radius 1 is 1.09 bits per heavy atom. The molecule has 4 rings (SSSR count). The summed E-state index contributed by atoms with van der Waals surface area (Å²) < 4.78 is 2.50. The molecule has 0 aliphatic carbocycles. The van der Waals surface area contributed by atoms with Crippen LogP contribution in [0.15, 0.2) is 53.6 Å². The van der Waals surface area contributed by atoms with E-state index in [2.05, 4.69) is 46.8 Å². The number of thioether (sulfide) groups is 1. The third kappa shape index (κ3) is 4.43. The van der Waals surface area contributed by atoms with Gasteiger partial charge < -0.3 is 0 Å². The predicted molar refractivity (Wildman–Crippen MR) is 138 cm³/mol. The Kier molecular flexibility index (Phi) is 6.35. The molecule has 0 saturated carbocycles. The highest BCUT2D eigenvalue weighted by Gasteiger charge is 2.32. The first kappa shape index (κ1) is 22.5. The van der Waals surface area contributed by atoms with Crippen molar-refractivity contribution in [1.82, 2.24) is 14.7 Å². The molecular formula is C26H27N3OS2. The molecule has 1 fully saturated rings. The number of thiocarbonyl (C=S) groups is 1. The fourth-order valence-electron chi connectivity index (χ4n) is 4.12. The van der Waals surface area contributed by atoms with Crippen LogP contribution in [-0.2, 0) is 4.79 Å². The normalized spacial score (nSPS) is 15.4. The standard InChI is InChI=1S/C26H27N3OS2/c1-16(2)14-28-25(30)22(32-26(28)31)13-20-15-29(21-9-7-6-8-10-21)27-24(20)23-18(4)11-17(3)12-19(23)5/h6-13,15-16H,14H2,1-5H3. The van der Waals surface area contributed by atoms with Crippen molar-refractivity contribution in [3.8, 4) is 16.9 Å². The Morgan fingerprint density at radius 2 is 1.75 bits per heavy atom. The number of amides is 1. The van der Waals surface area contributed by atoms with Crippen molar-refractivity contribution in [2.75, 3.05) is 6.54 Å². The summed E-state index contributed by atoms with van der Waals surface area (Å²) in [6.45, 7) is 11.1. The Bertz CT molecular complexity index is 1200. The van der Waals surface area contributed by atoms with Gasteiger partial charge in [-0.05, 0) is 56.0 Å². The second kappa shape index (κ2) is 9.04. The van der Waals surface area contributed by atoms with E-state index in [4.69, 9.17) is 17.3 Å². The minimum atomic E-state index is -0.0236. The first-order chi connectivity index (χ1) is 15.2. The summed E-state index contributed by atoms with van der Waals surface area (Å²) in [5.74, 6) is 0.329. The number of benzene rings is 2. The van der Waals surface area contributed by atoms with Crippen LogP contribution in [0.4, 0.5) is 0 Å². The van der Waals surface area contributed by atoms with E-state index in [1.165, 1.54) is 28.5 Å². The SMILES string of the molecule is Cc1cc(C)c(-c2nn(-c3ccccc3)cc2C=C2SC(=S)N(CC(C)C)C2=O)c(C)c1. The Labute approximate surface area is 199 Å². The quantitative estimate of drug-likeness (QED) is 0.329. The molecule has 1 amide bonds. The molecule has 164 valence electrons. The first-order valence-corrected chi connectivity index (χ1v) is 12.0. The zero-order chi connectivity index (χ0) is 23.0. The minimum absolute atomic E-state index is 0.0236. The number of carbonyl (C=O) groups excluding carboxylic acids is 1. The van der Waals surface area contributed by atoms with Crippen LogP contribution < -0.4 is 0 Å². The number of aromatic nitrogens is 2. The van der Waals surface area contributed by atoms with E-state index >= 15 is 0 Å². The molecule has 0 N–H and O–H groups in total. The van der Waals surface area contributed by atoms with Gasteiger partial charge in [-0.2, -0.15) is 5.10 Å². The van der Waals surface area contributed by atoms with Crippen LogP contribution in [0.2, 0.25) is 0 Å². The summed E-state index contributed by atoms with van der Waals surface area (Å²) in [6, 6.07) is 14.4. The average Bonchev–Trinajstić information content (AvgIpc) is 3.24. The van der Waals surface area contributed by atoms with Crippen molar-refractivity contribution in [3.05, 3.63) is 75.8 Å². The third-order valence-corrected chi connectivity index (χ3v) is 6.76. The highest BCUT2D eigenvalue weighted by atomic mass is 32.2. The lowest BCUT2D eigenvalue weighted by Crippen LogP contribution is -2.31. The number of para-hydroxylation sites is 1. The molecular weight excluding hydrogens is 434 g/mol. The van der Waals surface area contributed by atoms with Gasteiger partial charge in [0.15, 0.2) is 0 Å². The van der Waals surface area contributed by atoms with Crippen molar-refractivity contribution >= 4 is 40.3 Å². The van der Waals surface area contributed by atoms with Gasteiger partial charge in [-0.1, -0.05) is 73.7 Å². The maximum absolute atomic E-state index is 13.1. The molecule has 2 heterocycles. The second-order valence-electron chi connectivity index (χ2n) is 8.67.